The van der Waals surface area contributed by atoms with Crippen LogP contribution in [0.3, 0.4) is 0 Å². The molecule has 0 aliphatic heterocycles. The maximum atomic E-state index is 6.24. The number of hydrogen-bond acceptors (Lipinski definition) is 1. The van der Waals surface area contributed by atoms with Crippen molar-refractivity contribution >= 4 is 27.5 Å². The van der Waals surface area contributed by atoms with Crippen LogP contribution < -0.4 is 5.32 Å². The van der Waals surface area contributed by atoms with Crippen LogP contribution in [0.2, 0.25) is 5.02 Å². The van der Waals surface area contributed by atoms with Gasteiger partial charge in [0.2, 0.25) is 0 Å². The Hall–Kier alpha value is -0.310. The van der Waals surface area contributed by atoms with E-state index >= 15 is 0 Å². The summed E-state index contributed by atoms with van der Waals surface area (Å²) in [6.07, 6.45) is 2.79. The van der Waals surface area contributed by atoms with Gasteiger partial charge in [0.15, 0.2) is 0 Å². The Bertz CT molecular complexity index is 338. The number of hydrogen-bond donors (Lipinski definition) is 1. The molecule has 0 aromatic heterocycles. The van der Waals surface area contributed by atoms with Crippen molar-refractivity contribution in [2.45, 2.75) is 19.4 Å². The summed E-state index contributed by atoms with van der Waals surface area (Å²) in [6.45, 7) is 6.77. The molecule has 1 rings (SSSR count). The molecule has 1 aromatic carbocycles. The lowest BCUT2D eigenvalue weighted by molar-refractivity contribution is 0.559. The third-order valence-corrected chi connectivity index (χ3v) is 3.52. The van der Waals surface area contributed by atoms with Crippen molar-refractivity contribution in [3.8, 4) is 0 Å². The second kappa shape index (κ2) is 6.31. The van der Waals surface area contributed by atoms with Crippen molar-refractivity contribution < 1.29 is 0 Å². The highest BCUT2D eigenvalue weighted by molar-refractivity contribution is 9.10. The van der Waals surface area contributed by atoms with E-state index in [-0.39, 0.29) is 6.04 Å². The average Bonchev–Trinajstić information content (AvgIpc) is 2.22. The molecule has 1 aromatic rings. The molecule has 0 radical (unpaired) electrons. The summed E-state index contributed by atoms with van der Waals surface area (Å²) in [5.41, 5.74) is 1.12. The summed E-state index contributed by atoms with van der Waals surface area (Å²) in [6, 6.07) is 6.24. The molecule has 1 nitrogen and oxygen atoms in total. The highest BCUT2D eigenvalue weighted by Gasteiger charge is 2.13. The molecular weight excluding hydrogens is 273 g/mol. The molecule has 0 spiro atoms. The van der Waals surface area contributed by atoms with Crippen LogP contribution in [0.25, 0.3) is 0 Å². The van der Waals surface area contributed by atoms with Crippen LogP contribution in [0.1, 0.15) is 24.9 Å². The van der Waals surface area contributed by atoms with E-state index in [0.717, 1.165) is 28.0 Å². The van der Waals surface area contributed by atoms with Crippen LogP contribution in [0.15, 0.2) is 35.3 Å². The molecule has 1 unspecified atom stereocenters. The van der Waals surface area contributed by atoms with Gasteiger partial charge in [-0.15, -0.1) is 6.58 Å². The van der Waals surface area contributed by atoms with Gasteiger partial charge in [0, 0.05) is 10.5 Å². The molecule has 82 valence electrons. The monoisotopic (exact) mass is 287 g/mol. The van der Waals surface area contributed by atoms with Crippen molar-refractivity contribution in [3.05, 3.63) is 45.9 Å². The fourth-order valence-electron chi connectivity index (χ4n) is 1.52. The zero-order valence-electron chi connectivity index (χ0n) is 8.76. The number of rotatable bonds is 5. The minimum absolute atomic E-state index is 0.248. The molecule has 0 amide bonds. The predicted molar refractivity (Wildman–Crippen MR) is 70.4 cm³/mol. The third kappa shape index (κ3) is 3.33. The molecule has 0 saturated carbocycles. The van der Waals surface area contributed by atoms with Crippen molar-refractivity contribution in [2.75, 3.05) is 6.54 Å². The van der Waals surface area contributed by atoms with E-state index in [2.05, 4.69) is 34.7 Å². The van der Waals surface area contributed by atoms with Gasteiger partial charge in [-0.1, -0.05) is 36.7 Å². The second-order valence-electron chi connectivity index (χ2n) is 3.28. The van der Waals surface area contributed by atoms with Crippen LogP contribution in [0.4, 0.5) is 0 Å². The quantitative estimate of drug-likeness (QED) is 0.795. The van der Waals surface area contributed by atoms with Crippen molar-refractivity contribution in [3.63, 3.8) is 0 Å². The van der Waals surface area contributed by atoms with Gasteiger partial charge >= 0.3 is 0 Å². The highest BCUT2D eigenvalue weighted by Crippen LogP contribution is 2.31. The minimum Gasteiger partial charge on any atom is -0.310 e. The summed E-state index contributed by atoms with van der Waals surface area (Å²) < 4.78 is 0.939. The first-order valence-electron chi connectivity index (χ1n) is 4.98. The molecule has 0 heterocycles. The molecule has 0 saturated heterocycles. The Kier molecular flexibility index (Phi) is 5.37. The maximum absolute atomic E-state index is 6.24. The molecular formula is C12H15BrClN. The van der Waals surface area contributed by atoms with Gasteiger partial charge in [-0.25, -0.2) is 0 Å². The van der Waals surface area contributed by atoms with Gasteiger partial charge in [0.25, 0.3) is 0 Å². The first-order chi connectivity index (χ1) is 7.20. The lowest BCUT2D eigenvalue weighted by Crippen LogP contribution is -2.20. The molecule has 0 fully saturated rings. The van der Waals surface area contributed by atoms with E-state index in [4.69, 9.17) is 11.6 Å². The Labute approximate surface area is 105 Å². The van der Waals surface area contributed by atoms with Gasteiger partial charge in [-0.3, -0.25) is 0 Å². The maximum Gasteiger partial charge on any atom is 0.0595 e. The van der Waals surface area contributed by atoms with Crippen LogP contribution in [-0.4, -0.2) is 6.54 Å². The predicted octanol–water partition coefficient (Wildman–Crippen LogP) is 4.33. The van der Waals surface area contributed by atoms with Crippen molar-refractivity contribution in [1.82, 2.24) is 5.32 Å². The zero-order chi connectivity index (χ0) is 11.3. The lowest BCUT2D eigenvalue weighted by atomic mass is 10.0. The van der Waals surface area contributed by atoms with E-state index in [1.54, 1.807) is 0 Å². The molecule has 0 bridgehead atoms. The number of halogens is 2. The molecule has 1 atom stereocenters. The topological polar surface area (TPSA) is 12.0 Å². The first kappa shape index (κ1) is 12.8. The van der Waals surface area contributed by atoms with Gasteiger partial charge in [0.1, 0.15) is 0 Å². The Morgan fingerprint density at radius 3 is 2.93 bits per heavy atom. The lowest BCUT2D eigenvalue weighted by Gasteiger charge is -2.18. The van der Waals surface area contributed by atoms with E-state index in [1.807, 2.05) is 24.3 Å². The second-order valence-corrected chi connectivity index (χ2v) is 4.51. The van der Waals surface area contributed by atoms with Gasteiger partial charge in [-0.05, 0) is 40.5 Å². The SMILES string of the molecule is C=CCC(NCC)c1cccc(Br)c1Cl. The average molecular weight is 289 g/mol. The molecule has 15 heavy (non-hydrogen) atoms. The third-order valence-electron chi connectivity index (χ3n) is 2.21. The van der Waals surface area contributed by atoms with Gasteiger partial charge in [-0.2, -0.15) is 0 Å². The summed E-state index contributed by atoms with van der Waals surface area (Å²) >= 11 is 9.67. The van der Waals surface area contributed by atoms with Crippen molar-refractivity contribution in [1.29, 1.82) is 0 Å². The van der Waals surface area contributed by atoms with E-state index in [9.17, 15) is 0 Å². The summed E-state index contributed by atoms with van der Waals surface area (Å²) in [5.74, 6) is 0. The van der Waals surface area contributed by atoms with Crippen LogP contribution >= 0.6 is 27.5 Å². The van der Waals surface area contributed by atoms with Gasteiger partial charge in [0.05, 0.1) is 5.02 Å². The standard InChI is InChI=1S/C12H15BrClN/c1-3-6-11(15-4-2)9-7-5-8-10(13)12(9)14/h3,5,7-8,11,15H,1,4,6H2,2H3. The Morgan fingerprint density at radius 2 is 2.33 bits per heavy atom. The number of benzene rings is 1. The van der Waals surface area contributed by atoms with Crippen LogP contribution in [0, 0.1) is 0 Å². The molecule has 0 aliphatic rings. The summed E-state index contributed by atoms with van der Waals surface area (Å²) in [4.78, 5) is 0. The minimum atomic E-state index is 0.248. The summed E-state index contributed by atoms with van der Waals surface area (Å²) in [7, 11) is 0. The van der Waals surface area contributed by atoms with E-state index < -0.39 is 0 Å². The van der Waals surface area contributed by atoms with Crippen LogP contribution in [-0.2, 0) is 0 Å². The zero-order valence-corrected chi connectivity index (χ0v) is 11.1. The molecule has 1 N–H and O–H groups in total. The molecule has 0 aliphatic carbocycles. The Morgan fingerprint density at radius 1 is 1.60 bits per heavy atom. The fraction of sp³-hybridized carbons (Fsp3) is 0.333. The fourth-order valence-corrected chi connectivity index (χ4v) is 2.16. The normalized spacial score (nSPS) is 12.5. The first-order valence-corrected chi connectivity index (χ1v) is 6.16. The van der Waals surface area contributed by atoms with E-state index in [1.165, 1.54) is 0 Å². The summed E-state index contributed by atoms with van der Waals surface area (Å²) in [5, 5.41) is 4.17. The molecule has 3 heteroatoms. The van der Waals surface area contributed by atoms with E-state index in [0.29, 0.717) is 0 Å². The number of nitrogens with one attached hydrogen (secondary N) is 1. The van der Waals surface area contributed by atoms with Gasteiger partial charge < -0.3 is 5.32 Å². The largest absolute Gasteiger partial charge is 0.310 e. The highest BCUT2D eigenvalue weighted by atomic mass is 79.9. The van der Waals surface area contributed by atoms with Crippen LogP contribution in [0.5, 0.6) is 0 Å². The van der Waals surface area contributed by atoms with Crippen molar-refractivity contribution in [2.24, 2.45) is 0 Å². The Balaban J connectivity index is 2.99. The smallest absolute Gasteiger partial charge is 0.0595 e.